The number of halogens is 3. The van der Waals surface area contributed by atoms with Crippen LogP contribution in [0.4, 0.5) is 4.39 Å². The van der Waals surface area contributed by atoms with Crippen LogP contribution in [0.1, 0.15) is 11.1 Å². The van der Waals surface area contributed by atoms with Crippen molar-refractivity contribution in [2.24, 2.45) is 0 Å². The van der Waals surface area contributed by atoms with Crippen LogP contribution in [0.2, 0.25) is 10.2 Å². The van der Waals surface area contributed by atoms with Gasteiger partial charge in [-0.2, -0.15) is 0 Å². The molecular weight excluding hydrogens is 310 g/mol. The number of nitrogens with zero attached hydrogens (tertiary/aromatic N) is 2. The Morgan fingerprint density at radius 1 is 1.00 bits per heavy atom. The molecule has 0 atom stereocenters. The number of fused-ring (bicyclic) bond motifs is 1. The van der Waals surface area contributed by atoms with E-state index >= 15 is 0 Å². The highest BCUT2D eigenvalue weighted by atomic mass is 35.5. The minimum atomic E-state index is -0.379. The highest BCUT2D eigenvalue weighted by molar-refractivity contribution is 6.35. The summed E-state index contributed by atoms with van der Waals surface area (Å²) in [7, 11) is 0. The maximum absolute atomic E-state index is 14.0. The van der Waals surface area contributed by atoms with Crippen LogP contribution in [-0.4, -0.2) is 9.97 Å². The van der Waals surface area contributed by atoms with Crippen molar-refractivity contribution in [3.63, 3.8) is 0 Å². The second kappa shape index (κ2) is 5.24. The molecular formula is C16H11Cl2FN2. The molecule has 0 saturated heterocycles. The van der Waals surface area contributed by atoms with Gasteiger partial charge in [0.2, 0.25) is 0 Å². The van der Waals surface area contributed by atoms with E-state index in [-0.39, 0.29) is 16.8 Å². The fourth-order valence-electron chi connectivity index (χ4n) is 2.20. The highest BCUT2D eigenvalue weighted by Gasteiger charge is 2.14. The van der Waals surface area contributed by atoms with Gasteiger partial charge in [-0.3, -0.25) is 0 Å². The molecule has 0 aliphatic rings. The van der Waals surface area contributed by atoms with Crippen molar-refractivity contribution in [1.82, 2.24) is 9.97 Å². The number of rotatable bonds is 1. The van der Waals surface area contributed by atoms with Crippen LogP contribution in [0.15, 0.2) is 30.3 Å². The van der Waals surface area contributed by atoms with E-state index in [9.17, 15) is 4.39 Å². The Bertz CT molecular complexity index is 863. The van der Waals surface area contributed by atoms with Gasteiger partial charge in [-0.15, -0.1) is 0 Å². The summed E-state index contributed by atoms with van der Waals surface area (Å²) in [6.07, 6.45) is 0. The topological polar surface area (TPSA) is 25.8 Å². The number of aromatic nitrogens is 2. The van der Waals surface area contributed by atoms with Crippen molar-refractivity contribution in [3.8, 4) is 11.4 Å². The monoisotopic (exact) mass is 320 g/mol. The smallest absolute Gasteiger partial charge is 0.164 e. The Kier molecular flexibility index (Phi) is 3.56. The molecule has 0 radical (unpaired) electrons. The summed E-state index contributed by atoms with van der Waals surface area (Å²) in [5, 5.41) is 1.58. The van der Waals surface area contributed by atoms with Crippen LogP contribution in [0, 0.1) is 19.7 Å². The average molecular weight is 321 g/mol. The van der Waals surface area contributed by atoms with Gasteiger partial charge >= 0.3 is 0 Å². The molecule has 0 N–H and O–H groups in total. The number of hydrogen-bond acceptors (Lipinski definition) is 2. The van der Waals surface area contributed by atoms with Gasteiger partial charge < -0.3 is 0 Å². The van der Waals surface area contributed by atoms with Gasteiger partial charge in [0, 0.05) is 10.4 Å². The van der Waals surface area contributed by atoms with Crippen molar-refractivity contribution in [2.75, 3.05) is 0 Å². The molecule has 3 rings (SSSR count). The molecule has 0 fully saturated rings. The first kappa shape index (κ1) is 14.2. The van der Waals surface area contributed by atoms with Crippen molar-refractivity contribution in [2.45, 2.75) is 13.8 Å². The lowest BCUT2D eigenvalue weighted by atomic mass is 10.1. The molecule has 0 saturated carbocycles. The molecule has 0 unspecified atom stereocenters. The first-order valence-electron chi connectivity index (χ1n) is 6.36. The molecule has 0 amide bonds. The largest absolute Gasteiger partial charge is 0.227 e. The third kappa shape index (κ3) is 2.47. The zero-order valence-corrected chi connectivity index (χ0v) is 12.9. The Balaban J connectivity index is 2.34. The predicted octanol–water partition coefficient (Wildman–Crippen LogP) is 5.36. The Labute approximate surface area is 131 Å². The second-order valence-corrected chi connectivity index (χ2v) is 5.66. The van der Waals surface area contributed by atoms with E-state index in [4.69, 9.17) is 23.2 Å². The van der Waals surface area contributed by atoms with Crippen LogP contribution in [0.5, 0.6) is 0 Å². The summed E-state index contributed by atoms with van der Waals surface area (Å²) < 4.78 is 14.0. The quantitative estimate of drug-likeness (QED) is 0.564. The molecule has 21 heavy (non-hydrogen) atoms. The summed E-state index contributed by atoms with van der Waals surface area (Å²) in [4.78, 5) is 8.66. The van der Waals surface area contributed by atoms with Gasteiger partial charge in [-0.25, -0.2) is 14.4 Å². The Morgan fingerprint density at radius 3 is 2.52 bits per heavy atom. The van der Waals surface area contributed by atoms with E-state index in [1.54, 1.807) is 24.3 Å². The Hall–Kier alpha value is -1.71. The third-order valence-corrected chi connectivity index (χ3v) is 4.07. The lowest BCUT2D eigenvalue weighted by Crippen LogP contribution is -1.96. The van der Waals surface area contributed by atoms with Gasteiger partial charge in [0.05, 0.1) is 11.1 Å². The van der Waals surface area contributed by atoms with E-state index in [2.05, 4.69) is 9.97 Å². The van der Waals surface area contributed by atoms with Crippen LogP contribution in [0.3, 0.4) is 0 Å². The van der Waals surface area contributed by atoms with E-state index in [1.165, 1.54) is 6.07 Å². The molecule has 0 bridgehead atoms. The van der Waals surface area contributed by atoms with Gasteiger partial charge in [-0.1, -0.05) is 34.8 Å². The van der Waals surface area contributed by atoms with E-state index in [0.717, 1.165) is 11.1 Å². The maximum Gasteiger partial charge on any atom is 0.164 e. The molecule has 2 aromatic carbocycles. The summed E-state index contributed by atoms with van der Waals surface area (Å²) in [5.41, 5.74) is 2.69. The van der Waals surface area contributed by atoms with E-state index < -0.39 is 0 Å². The zero-order chi connectivity index (χ0) is 15.1. The van der Waals surface area contributed by atoms with Gasteiger partial charge in [0.25, 0.3) is 0 Å². The SMILES string of the molecule is Cc1ccc(F)c(-c2nc(Cl)c3ccc(Cl)c(C)c3n2)c1. The Morgan fingerprint density at radius 2 is 1.76 bits per heavy atom. The number of benzene rings is 2. The minimum Gasteiger partial charge on any atom is -0.227 e. The van der Waals surface area contributed by atoms with Gasteiger partial charge in [0.1, 0.15) is 11.0 Å². The molecule has 1 heterocycles. The van der Waals surface area contributed by atoms with Crippen LogP contribution in [-0.2, 0) is 0 Å². The maximum atomic E-state index is 14.0. The molecule has 0 aliphatic heterocycles. The predicted molar refractivity (Wildman–Crippen MR) is 84.4 cm³/mol. The number of aryl methyl sites for hydroxylation is 2. The average Bonchev–Trinajstić information content (AvgIpc) is 2.45. The second-order valence-electron chi connectivity index (χ2n) is 4.89. The van der Waals surface area contributed by atoms with Crippen molar-refractivity contribution in [3.05, 3.63) is 57.5 Å². The first-order chi connectivity index (χ1) is 9.97. The lowest BCUT2D eigenvalue weighted by Gasteiger charge is -2.09. The fraction of sp³-hybridized carbons (Fsp3) is 0.125. The standard InChI is InChI=1S/C16H11Cl2FN2/c1-8-3-6-13(19)11(7-8)16-20-14-9(2)12(17)5-4-10(14)15(18)21-16/h3-7H,1-2H3. The fourth-order valence-corrected chi connectivity index (χ4v) is 2.59. The van der Waals surface area contributed by atoms with Crippen LogP contribution < -0.4 is 0 Å². The summed E-state index contributed by atoms with van der Waals surface area (Å²) in [5.74, 6) is -0.116. The molecule has 3 aromatic rings. The van der Waals surface area contributed by atoms with Crippen molar-refractivity contribution in [1.29, 1.82) is 0 Å². The van der Waals surface area contributed by atoms with Crippen LogP contribution >= 0.6 is 23.2 Å². The van der Waals surface area contributed by atoms with Crippen molar-refractivity contribution < 1.29 is 4.39 Å². The summed E-state index contributed by atoms with van der Waals surface area (Å²) in [6, 6.07) is 8.32. The highest BCUT2D eigenvalue weighted by Crippen LogP contribution is 2.31. The minimum absolute atomic E-state index is 0.263. The normalized spacial score (nSPS) is 11.1. The van der Waals surface area contributed by atoms with Gasteiger partial charge in [0.15, 0.2) is 5.82 Å². The van der Waals surface area contributed by atoms with E-state index in [1.807, 2.05) is 13.8 Å². The van der Waals surface area contributed by atoms with Gasteiger partial charge in [-0.05, 0) is 43.7 Å². The third-order valence-electron chi connectivity index (χ3n) is 3.37. The lowest BCUT2D eigenvalue weighted by molar-refractivity contribution is 0.629. The molecule has 0 spiro atoms. The zero-order valence-electron chi connectivity index (χ0n) is 11.4. The summed E-state index contributed by atoms with van der Waals surface area (Å²) >= 11 is 12.3. The number of hydrogen-bond donors (Lipinski definition) is 0. The van der Waals surface area contributed by atoms with Crippen LogP contribution in [0.25, 0.3) is 22.3 Å². The molecule has 0 aliphatic carbocycles. The van der Waals surface area contributed by atoms with Crippen molar-refractivity contribution >= 4 is 34.1 Å². The summed E-state index contributed by atoms with van der Waals surface area (Å²) in [6.45, 7) is 3.73. The first-order valence-corrected chi connectivity index (χ1v) is 7.12. The van der Waals surface area contributed by atoms with E-state index in [0.29, 0.717) is 21.5 Å². The molecule has 2 nitrogen and oxygen atoms in total. The molecule has 1 aromatic heterocycles. The molecule has 5 heteroatoms. The molecule has 106 valence electrons.